The van der Waals surface area contributed by atoms with Crippen LogP contribution in [0.3, 0.4) is 0 Å². The first-order valence-electron chi connectivity index (χ1n) is 6.85. The second kappa shape index (κ2) is 7.42. The first-order valence-corrected chi connectivity index (χ1v) is 7.85. The second-order valence-electron chi connectivity index (χ2n) is 5.55. The van der Waals surface area contributed by atoms with Gasteiger partial charge in [0, 0.05) is 5.56 Å². The summed E-state index contributed by atoms with van der Waals surface area (Å²) < 4.78 is 0. The van der Waals surface area contributed by atoms with Gasteiger partial charge in [0.2, 0.25) is 0 Å². The number of carbonyl (C=O) groups excluding carboxylic acids is 1. The maximum atomic E-state index is 12.6. The van der Waals surface area contributed by atoms with Crippen LogP contribution < -0.4 is 24.2 Å². The van der Waals surface area contributed by atoms with Gasteiger partial charge in [0.05, 0.1) is 0 Å². The number of aryl methyl sites for hydroxylation is 5. The Morgan fingerprint density at radius 3 is 1.90 bits per heavy atom. The summed E-state index contributed by atoms with van der Waals surface area (Å²) in [5.74, 6) is 0. The molecule has 2 rings (SSSR count). The van der Waals surface area contributed by atoms with Crippen molar-refractivity contribution in [1.82, 2.24) is 0 Å². The molecule has 0 amide bonds. The molecule has 3 heteroatoms. The van der Waals surface area contributed by atoms with Crippen LogP contribution in [0.2, 0.25) is 0 Å². The van der Waals surface area contributed by atoms with Crippen molar-refractivity contribution in [1.29, 1.82) is 0 Å². The predicted molar refractivity (Wildman–Crippen MR) is 90.0 cm³/mol. The van der Waals surface area contributed by atoms with E-state index in [9.17, 15) is 4.79 Å². The Labute approximate surface area is 143 Å². The molecule has 1 atom stereocenters. The molecule has 0 heterocycles. The van der Waals surface area contributed by atoms with Crippen molar-refractivity contribution >= 4 is 19.4 Å². The molecule has 0 N–H and O–H groups in total. The van der Waals surface area contributed by atoms with E-state index in [2.05, 4.69) is 51.1 Å². The van der Waals surface area contributed by atoms with Crippen molar-refractivity contribution in [2.24, 2.45) is 0 Å². The van der Waals surface area contributed by atoms with Crippen LogP contribution in [0.1, 0.15) is 39.6 Å². The van der Waals surface area contributed by atoms with Gasteiger partial charge in [-0.15, -0.1) is 0 Å². The summed E-state index contributed by atoms with van der Waals surface area (Å²) in [6, 6.07) is 10.5. The summed E-state index contributed by atoms with van der Waals surface area (Å²) in [6.07, 6.45) is 0. The third kappa shape index (κ3) is 4.30. The Morgan fingerprint density at radius 1 is 0.857 bits per heavy atom. The van der Waals surface area contributed by atoms with Crippen molar-refractivity contribution in [3.63, 3.8) is 0 Å². The van der Waals surface area contributed by atoms with E-state index in [-0.39, 0.29) is 34.4 Å². The molecule has 0 bridgehead atoms. The smallest absolute Gasteiger partial charge is 1.00 e. The van der Waals surface area contributed by atoms with Crippen LogP contribution in [0.5, 0.6) is 0 Å². The molecule has 0 aliphatic rings. The van der Waals surface area contributed by atoms with Crippen LogP contribution in [-0.4, -0.2) is 5.52 Å². The Hall–Kier alpha value is -0.863. The molecule has 0 fully saturated rings. The van der Waals surface area contributed by atoms with Gasteiger partial charge in [-0.05, 0) is 65.2 Å². The molecule has 0 aliphatic carbocycles. The Balaban J connectivity index is 0.00000220. The normalized spacial score (nSPS) is 10.7. The van der Waals surface area contributed by atoms with Crippen LogP contribution in [0.15, 0.2) is 30.3 Å². The minimum absolute atomic E-state index is 0. The van der Waals surface area contributed by atoms with Crippen LogP contribution in [0.4, 0.5) is 0 Å². The summed E-state index contributed by atoms with van der Waals surface area (Å²) in [7, 11) is 0.202. The quantitative estimate of drug-likeness (QED) is 0.619. The van der Waals surface area contributed by atoms with Gasteiger partial charge in [-0.2, -0.15) is 0 Å². The molecular formula is C18H22LiOP. The zero-order valence-corrected chi connectivity index (χ0v) is 14.8. The largest absolute Gasteiger partial charge is 1.00 e. The van der Waals surface area contributed by atoms with E-state index >= 15 is 0 Å². The van der Waals surface area contributed by atoms with E-state index in [1.165, 1.54) is 16.7 Å². The van der Waals surface area contributed by atoms with Gasteiger partial charge >= 0.3 is 18.9 Å². The van der Waals surface area contributed by atoms with Crippen molar-refractivity contribution in [2.75, 3.05) is 0 Å². The van der Waals surface area contributed by atoms with E-state index < -0.39 is 0 Å². The zero-order valence-electron chi connectivity index (χ0n) is 14.8. The van der Waals surface area contributed by atoms with E-state index in [1.54, 1.807) is 0 Å². The van der Waals surface area contributed by atoms with Crippen molar-refractivity contribution < 1.29 is 25.1 Å². The van der Waals surface area contributed by atoms with Crippen molar-refractivity contribution in [3.8, 4) is 0 Å². The average molecular weight is 292 g/mol. The van der Waals surface area contributed by atoms with Crippen LogP contribution >= 0.6 is 8.58 Å². The maximum Gasteiger partial charge on any atom is 1.00 e. The molecule has 2 aromatic carbocycles. The summed E-state index contributed by atoms with van der Waals surface area (Å²) in [5, 5.41) is 1.15. The maximum absolute atomic E-state index is 12.6. The molecule has 0 saturated carbocycles. The number of hydrogen-bond donors (Lipinski definition) is 0. The number of carbonyl (C=O) groups is 1. The molecule has 0 aromatic heterocycles. The molecule has 1 nitrogen and oxygen atoms in total. The van der Waals surface area contributed by atoms with Crippen molar-refractivity contribution in [3.05, 3.63) is 63.7 Å². The second-order valence-corrected chi connectivity index (χ2v) is 6.79. The van der Waals surface area contributed by atoms with E-state index in [0.29, 0.717) is 0 Å². The zero-order chi connectivity index (χ0) is 14.9. The summed E-state index contributed by atoms with van der Waals surface area (Å²) >= 11 is 0. The number of benzene rings is 2. The minimum Gasteiger partial charge on any atom is -1.00 e. The standard InChI is InChI=1S/C18H21OP.Li.H/c1-11-6-7-16(13(3)8-11)20-18(19)17-14(4)9-12(2)10-15(17)5;;/h6-10,20H,1-5H3;;/q;+1;-1. The fraction of sp³-hybridized carbons (Fsp3) is 0.278. The van der Waals surface area contributed by atoms with Gasteiger partial charge in [0.15, 0.2) is 5.52 Å². The van der Waals surface area contributed by atoms with Crippen LogP contribution in [0, 0.1) is 34.6 Å². The first-order chi connectivity index (χ1) is 9.38. The van der Waals surface area contributed by atoms with Gasteiger partial charge in [-0.1, -0.05) is 41.5 Å². The van der Waals surface area contributed by atoms with E-state index in [0.717, 1.165) is 22.0 Å². The topological polar surface area (TPSA) is 17.1 Å². The third-order valence-corrected chi connectivity index (χ3v) is 4.84. The van der Waals surface area contributed by atoms with Gasteiger partial charge in [-0.3, -0.25) is 4.79 Å². The summed E-state index contributed by atoms with van der Waals surface area (Å²) in [5.41, 5.74) is 6.98. The molecule has 1 unspecified atom stereocenters. The predicted octanol–water partition coefficient (Wildman–Crippen LogP) is 1.49. The average Bonchev–Trinajstić information content (AvgIpc) is 2.31. The molecule has 21 heavy (non-hydrogen) atoms. The first kappa shape index (κ1) is 18.2. The Kier molecular flexibility index (Phi) is 6.42. The molecule has 0 aliphatic heterocycles. The SMILES string of the molecule is Cc1ccc(PC(=O)c2c(C)cc(C)cc2C)c(C)c1.[H-].[Li+]. The molecule has 0 radical (unpaired) electrons. The van der Waals surface area contributed by atoms with Crippen molar-refractivity contribution in [2.45, 2.75) is 34.6 Å². The van der Waals surface area contributed by atoms with Gasteiger partial charge in [0.25, 0.3) is 0 Å². The van der Waals surface area contributed by atoms with Gasteiger partial charge in [-0.25, -0.2) is 0 Å². The summed E-state index contributed by atoms with van der Waals surface area (Å²) in [6.45, 7) is 10.3. The van der Waals surface area contributed by atoms with Gasteiger partial charge in [0.1, 0.15) is 0 Å². The van der Waals surface area contributed by atoms with E-state index in [4.69, 9.17) is 0 Å². The Morgan fingerprint density at radius 2 is 1.38 bits per heavy atom. The van der Waals surface area contributed by atoms with Crippen LogP contribution in [-0.2, 0) is 0 Å². The third-order valence-electron chi connectivity index (χ3n) is 3.53. The molecular weight excluding hydrogens is 270 g/mol. The van der Waals surface area contributed by atoms with E-state index in [1.807, 2.05) is 13.8 Å². The number of hydrogen-bond acceptors (Lipinski definition) is 1. The molecule has 0 spiro atoms. The monoisotopic (exact) mass is 292 g/mol. The molecule has 0 saturated heterocycles. The van der Waals surface area contributed by atoms with Gasteiger partial charge < -0.3 is 1.43 Å². The summed E-state index contributed by atoms with van der Waals surface area (Å²) in [4.78, 5) is 12.6. The fourth-order valence-corrected chi connectivity index (χ4v) is 3.88. The molecule has 106 valence electrons. The number of rotatable bonds is 3. The molecule has 2 aromatic rings. The Bertz CT molecular complexity index is 660. The minimum atomic E-state index is 0. The fourth-order valence-electron chi connectivity index (χ4n) is 2.68. The van der Waals surface area contributed by atoms with Crippen LogP contribution in [0.25, 0.3) is 0 Å².